The number of hydrogen-bond donors (Lipinski definition) is 1. The molecule has 2 aromatic rings. The van der Waals surface area contributed by atoms with Gasteiger partial charge in [0.2, 0.25) is 5.95 Å². The quantitative estimate of drug-likeness (QED) is 0.929. The summed E-state index contributed by atoms with van der Waals surface area (Å²) in [6.45, 7) is 3.69. The molecule has 126 valence electrons. The Bertz CT molecular complexity index is 653. The van der Waals surface area contributed by atoms with Crippen molar-refractivity contribution in [1.82, 2.24) is 19.9 Å². The molecule has 0 unspecified atom stereocenters. The van der Waals surface area contributed by atoms with Gasteiger partial charge in [0.25, 0.3) is 0 Å². The minimum absolute atomic E-state index is 0.0422. The van der Waals surface area contributed by atoms with E-state index in [0.717, 1.165) is 44.8 Å². The number of hydrogen-bond acceptors (Lipinski definition) is 6. The predicted octanol–water partition coefficient (Wildman–Crippen LogP) is 2.11. The summed E-state index contributed by atoms with van der Waals surface area (Å²) in [7, 11) is 0. The van der Waals surface area contributed by atoms with Gasteiger partial charge in [0.1, 0.15) is 0 Å². The predicted molar refractivity (Wildman–Crippen MR) is 91.5 cm³/mol. The van der Waals surface area contributed by atoms with Gasteiger partial charge in [0.05, 0.1) is 23.9 Å². The van der Waals surface area contributed by atoms with Crippen molar-refractivity contribution in [1.29, 1.82) is 0 Å². The first-order valence-corrected chi connectivity index (χ1v) is 8.61. The highest BCUT2D eigenvalue weighted by molar-refractivity contribution is 5.25. The van der Waals surface area contributed by atoms with E-state index in [1.165, 1.54) is 6.42 Å². The summed E-state index contributed by atoms with van der Waals surface area (Å²) in [5.74, 6) is 0.685. The molecule has 0 saturated carbocycles. The lowest BCUT2D eigenvalue weighted by molar-refractivity contribution is -0.0535. The van der Waals surface area contributed by atoms with Crippen LogP contribution in [0.25, 0.3) is 0 Å². The normalized spacial score (nSPS) is 27.4. The number of nitrogens with zero attached hydrogens (tertiary/aromatic N) is 4. The molecule has 6 heteroatoms. The van der Waals surface area contributed by atoms with Crippen LogP contribution in [0.1, 0.15) is 25.0 Å². The van der Waals surface area contributed by atoms with Gasteiger partial charge in [-0.25, -0.2) is 9.97 Å². The smallest absolute Gasteiger partial charge is 0.222 e. The second kappa shape index (κ2) is 6.83. The van der Waals surface area contributed by atoms with Crippen LogP contribution < -0.4 is 5.32 Å². The molecular formula is C18H23N5O. The zero-order valence-corrected chi connectivity index (χ0v) is 13.8. The van der Waals surface area contributed by atoms with Crippen molar-refractivity contribution >= 4 is 5.95 Å². The molecule has 1 spiro atoms. The van der Waals surface area contributed by atoms with Crippen LogP contribution in [0.5, 0.6) is 0 Å². The van der Waals surface area contributed by atoms with E-state index in [1.807, 2.05) is 24.4 Å². The largest absolute Gasteiger partial charge is 0.371 e. The lowest BCUT2D eigenvalue weighted by Gasteiger charge is -2.39. The Balaban J connectivity index is 1.37. The fourth-order valence-electron chi connectivity index (χ4n) is 3.82. The van der Waals surface area contributed by atoms with Gasteiger partial charge < -0.3 is 10.1 Å². The molecule has 1 N–H and O–H groups in total. The Labute approximate surface area is 142 Å². The molecule has 0 radical (unpaired) electrons. The molecule has 2 atom stereocenters. The van der Waals surface area contributed by atoms with E-state index in [4.69, 9.17) is 4.74 Å². The Kier molecular flexibility index (Phi) is 4.40. The minimum atomic E-state index is -0.0422. The van der Waals surface area contributed by atoms with E-state index in [0.29, 0.717) is 5.95 Å². The van der Waals surface area contributed by atoms with Crippen LogP contribution in [0, 0.1) is 0 Å². The number of anilines is 1. The van der Waals surface area contributed by atoms with Gasteiger partial charge in [-0.1, -0.05) is 6.07 Å². The van der Waals surface area contributed by atoms with E-state index in [2.05, 4.69) is 31.2 Å². The molecule has 2 aromatic heterocycles. The van der Waals surface area contributed by atoms with Crippen LogP contribution in [-0.2, 0) is 11.3 Å². The zero-order valence-electron chi connectivity index (χ0n) is 13.8. The van der Waals surface area contributed by atoms with E-state index in [1.54, 1.807) is 12.4 Å². The van der Waals surface area contributed by atoms with Crippen molar-refractivity contribution in [2.45, 2.75) is 37.5 Å². The molecule has 0 bridgehead atoms. The Morgan fingerprint density at radius 3 is 2.88 bits per heavy atom. The number of pyridine rings is 1. The highest BCUT2D eigenvalue weighted by Gasteiger charge is 2.43. The molecule has 2 fully saturated rings. The lowest BCUT2D eigenvalue weighted by atomic mass is 9.88. The van der Waals surface area contributed by atoms with Crippen LogP contribution in [0.15, 0.2) is 42.9 Å². The van der Waals surface area contributed by atoms with Crippen LogP contribution in [0.2, 0.25) is 0 Å². The summed E-state index contributed by atoms with van der Waals surface area (Å²) >= 11 is 0. The summed E-state index contributed by atoms with van der Waals surface area (Å²) in [4.78, 5) is 15.4. The van der Waals surface area contributed by atoms with Crippen molar-refractivity contribution in [3.8, 4) is 0 Å². The van der Waals surface area contributed by atoms with Crippen LogP contribution in [-0.4, -0.2) is 51.2 Å². The van der Waals surface area contributed by atoms with Crippen LogP contribution >= 0.6 is 0 Å². The lowest BCUT2D eigenvalue weighted by Crippen LogP contribution is -2.47. The number of piperidine rings is 1. The molecule has 0 amide bonds. The molecule has 2 aliphatic heterocycles. The zero-order chi connectivity index (χ0) is 16.2. The van der Waals surface area contributed by atoms with Gasteiger partial charge in [-0.15, -0.1) is 0 Å². The van der Waals surface area contributed by atoms with E-state index in [9.17, 15) is 0 Å². The second-order valence-corrected chi connectivity index (χ2v) is 6.75. The third-order valence-corrected chi connectivity index (χ3v) is 4.84. The first-order valence-electron chi connectivity index (χ1n) is 8.61. The average molecular weight is 325 g/mol. The minimum Gasteiger partial charge on any atom is -0.371 e. The van der Waals surface area contributed by atoms with Gasteiger partial charge >= 0.3 is 0 Å². The molecule has 4 heterocycles. The first-order chi connectivity index (χ1) is 11.8. The van der Waals surface area contributed by atoms with Gasteiger partial charge in [-0.3, -0.25) is 9.88 Å². The van der Waals surface area contributed by atoms with Crippen LogP contribution in [0.3, 0.4) is 0 Å². The van der Waals surface area contributed by atoms with Crippen molar-refractivity contribution in [3.63, 3.8) is 0 Å². The SMILES string of the molecule is c1ccc(CN2CCC[C@@]3(C[C@@H](Nc4ncccn4)CO3)C2)nc1. The monoisotopic (exact) mass is 325 g/mol. The summed E-state index contributed by atoms with van der Waals surface area (Å²) in [5, 5.41) is 3.40. The van der Waals surface area contributed by atoms with E-state index in [-0.39, 0.29) is 11.6 Å². The summed E-state index contributed by atoms with van der Waals surface area (Å²) < 4.78 is 6.25. The van der Waals surface area contributed by atoms with E-state index >= 15 is 0 Å². The summed E-state index contributed by atoms with van der Waals surface area (Å²) in [6.07, 6.45) is 8.68. The summed E-state index contributed by atoms with van der Waals surface area (Å²) in [5.41, 5.74) is 1.08. The van der Waals surface area contributed by atoms with Crippen LogP contribution in [0.4, 0.5) is 5.95 Å². The maximum Gasteiger partial charge on any atom is 0.222 e. The molecule has 6 nitrogen and oxygen atoms in total. The number of nitrogens with one attached hydrogen (secondary N) is 1. The van der Waals surface area contributed by atoms with Crippen molar-refractivity contribution in [2.75, 3.05) is 25.0 Å². The molecule has 0 aromatic carbocycles. The standard InChI is InChI=1S/C18H23N5O/c1-2-7-19-15(5-1)12-23-10-3-6-18(14-23)11-16(13-24-18)22-17-20-8-4-9-21-17/h1-2,4-5,7-9,16H,3,6,10-14H2,(H,20,21,22)/t16-,18-/m1/s1. The molecule has 24 heavy (non-hydrogen) atoms. The number of likely N-dealkylation sites (tertiary alicyclic amines) is 1. The second-order valence-electron chi connectivity index (χ2n) is 6.75. The number of aromatic nitrogens is 3. The van der Waals surface area contributed by atoms with Crippen molar-refractivity contribution in [2.24, 2.45) is 0 Å². The number of ether oxygens (including phenoxy) is 1. The van der Waals surface area contributed by atoms with Gasteiger partial charge in [-0.05, 0) is 37.6 Å². The highest BCUT2D eigenvalue weighted by atomic mass is 16.5. The van der Waals surface area contributed by atoms with Gasteiger partial charge in [0.15, 0.2) is 0 Å². The number of rotatable bonds is 4. The van der Waals surface area contributed by atoms with E-state index < -0.39 is 0 Å². The Hall–Kier alpha value is -2.05. The maximum absolute atomic E-state index is 6.25. The van der Waals surface area contributed by atoms with Crippen molar-refractivity contribution < 1.29 is 4.74 Å². The molecule has 0 aliphatic carbocycles. The molecule has 2 saturated heterocycles. The van der Waals surface area contributed by atoms with Gasteiger partial charge in [-0.2, -0.15) is 0 Å². The molecule has 4 rings (SSSR count). The van der Waals surface area contributed by atoms with Crippen molar-refractivity contribution in [3.05, 3.63) is 48.5 Å². The summed E-state index contributed by atoms with van der Waals surface area (Å²) in [6, 6.07) is 8.21. The Morgan fingerprint density at radius 1 is 1.17 bits per heavy atom. The first kappa shape index (κ1) is 15.5. The highest BCUT2D eigenvalue weighted by Crippen LogP contribution is 2.35. The molecule has 2 aliphatic rings. The fraction of sp³-hybridized carbons (Fsp3) is 0.500. The average Bonchev–Trinajstić information content (AvgIpc) is 2.98. The third kappa shape index (κ3) is 3.55. The molecular weight excluding hydrogens is 302 g/mol. The topological polar surface area (TPSA) is 63.2 Å². The Morgan fingerprint density at radius 2 is 2.04 bits per heavy atom. The maximum atomic E-state index is 6.25. The fourth-order valence-corrected chi connectivity index (χ4v) is 3.82. The van der Waals surface area contributed by atoms with Gasteiger partial charge in [0, 0.05) is 38.1 Å². The third-order valence-electron chi connectivity index (χ3n) is 4.84.